The van der Waals surface area contributed by atoms with Crippen molar-refractivity contribution in [2.45, 2.75) is 57.9 Å². The highest BCUT2D eigenvalue weighted by atomic mass is 16.6. The van der Waals surface area contributed by atoms with Gasteiger partial charge in [-0.25, -0.2) is 0 Å². The molecule has 0 bridgehead atoms. The number of ether oxygens (including phenoxy) is 2. The number of nitrogens with two attached hydrogens (primary N) is 1. The Bertz CT molecular complexity index is 1990. The number of hydrogen-bond donors (Lipinski definition) is 2. The van der Waals surface area contributed by atoms with Gasteiger partial charge >= 0.3 is 0 Å². The van der Waals surface area contributed by atoms with Gasteiger partial charge in [-0.3, -0.25) is 15.0 Å². The van der Waals surface area contributed by atoms with Crippen molar-refractivity contribution in [3.8, 4) is 28.4 Å². The molecule has 0 aliphatic carbocycles. The maximum Gasteiger partial charge on any atom is 0.273 e. The molecular weight excluding hydrogens is 652 g/mol. The number of nitro groups is 1. The number of nitrogens with zero attached hydrogens (tertiary/aromatic N) is 5. The third-order valence-corrected chi connectivity index (χ3v) is 9.82. The first-order chi connectivity index (χ1) is 24.8. The van der Waals surface area contributed by atoms with E-state index in [0.29, 0.717) is 36.3 Å². The zero-order valence-electron chi connectivity index (χ0n) is 29.0. The van der Waals surface area contributed by atoms with Crippen molar-refractivity contribution < 1.29 is 29.6 Å². The number of phenolic OH excluding ortho intramolecular Hbond substituents is 1. The van der Waals surface area contributed by atoms with E-state index in [1.807, 2.05) is 24.3 Å². The molecule has 13 nitrogen and oxygen atoms in total. The van der Waals surface area contributed by atoms with E-state index in [1.165, 1.54) is 22.4 Å². The molecule has 270 valence electrons. The highest BCUT2D eigenvalue weighted by molar-refractivity contribution is 6.08. The Hall–Kier alpha value is -4.98. The van der Waals surface area contributed by atoms with Gasteiger partial charge in [0.1, 0.15) is 5.75 Å². The van der Waals surface area contributed by atoms with Crippen molar-refractivity contribution in [2.24, 2.45) is 5.73 Å². The molecule has 13 heteroatoms. The fourth-order valence-electron chi connectivity index (χ4n) is 6.98. The molecule has 51 heavy (non-hydrogen) atoms. The van der Waals surface area contributed by atoms with E-state index in [-0.39, 0.29) is 39.8 Å². The number of methoxy groups -OCH3 is 1. The van der Waals surface area contributed by atoms with Crippen molar-refractivity contribution in [3.63, 3.8) is 0 Å². The van der Waals surface area contributed by atoms with E-state index in [2.05, 4.69) is 28.2 Å². The molecule has 1 aromatic heterocycles. The normalized spacial score (nSPS) is 13.7. The molecule has 0 atom stereocenters. The molecule has 2 heterocycles. The van der Waals surface area contributed by atoms with Gasteiger partial charge in [-0.05, 0) is 85.8 Å². The van der Waals surface area contributed by atoms with Crippen LogP contribution in [0.2, 0.25) is 0 Å². The van der Waals surface area contributed by atoms with Crippen molar-refractivity contribution in [2.75, 3.05) is 46.5 Å². The van der Waals surface area contributed by atoms with Crippen LogP contribution in [0.1, 0.15) is 48.8 Å². The molecule has 0 radical (unpaired) electrons. The topological polar surface area (TPSA) is 179 Å². The molecule has 0 saturated carbocycles. The van der Waals surface area contributed by atoms with Gasteiger partial charge < -0.3 is 30.6 Å². The third-order valence-electron chi connectivity index (χ3n) is 9.82. The second kappa shape index (κ2) is 16.4. The van der Waals surface area contributed by atoms with Gasteiger partial charge in [-0.15, -0.1) is 4.68 Å². The summed E-state index contributed by atoms with van der Waals surface area (Å²) >= 11 is 0. The van der Waals surface area contributed by atoms with E-state index in [4.69, 9.17) is 15.2 Å². The average molecular weight is 698 g/mol. The summed E-state index contributed by atoms with van der Waals surface area (Å²) in [6.07, 6.45) is 6.16. The number of aromatic hydroxyl groups is 1. The Labute approximate surface area is 296 Å². The number of nitro benzene ring substituents is 1. The van der Waals surface area contributed by atoms with Crippen LogP contribution in [0.3, 0.4) is 0 Å². The Balaban J connectivity index is 1.18. The molecule has 1 aliphatic heterocycles. The summed E-state index contributed by atoms with van der Waals surface area (Å²) in [5.41, 5.74) is 9.68. The van der Waals surface area contributed by atoms with Gasteiger partial charge in [0.15, 0.2) is 16.8 Å². The summed E-state index contributed by atoms with van der Waals surface area (Å²) < 4.78 is 12.4. The molecule has 5 aromatic rings. The van der Waals surface area contributed by atoms with Crippen LogP contribution in [0.15, 0.2) is 54.6 Å². The Kier molecular flexibility index (Phi) is 11.5. The zero-order valence-corrected chi connectivity index (χ0v) is 29.0. The Morgan fingerprint density at radius 3 is 2.41 bits per heavy atom. The van der Waals surface area contributed by atoms with Crippen LogP contribution >= 0.6 is 0 Å². The van der Waals surface area contributed by atoms with Crippen molar-refractivity contribution in [1.29, 1.82) is 0 Å². The summed E-state index contributed by atoms with van der Waals surface area (Å²) in [6.45, 7) is 5.32. The van der Waals surface area contributed by atoms with E-state index >= 15 is 0 Å². The highest BCUT2D eigenvalue weighted by Crippen LogP contribution is 2.42. The number of unbranched alkanes of at least 4 members (excludes halogenated alkanes) is 3. The molecule has 1 fully saturated rings. The van der Waals surface area contributed by atoms with Crippen LogP contribution in [0, 0.1) is 15.3 Å². The largest absolute Gasteiger partial charge is 0.870 e. The number of phenols is 1. The van der Waals surface area contributed by atoms with Crippen molar-refractivity contribution in [1.82, 2.24) is 14.7 Å². The summed E-state index contributed by atoms with van der Waals surface area (Å²) in [5.74, 6) is -0.136. The minimum atomic E-state index is -0.554. The molecule has 4 aromatic carbocycles. The maximum atomic E-state index is 13.6. The number of aromatic nitrogens is 3. The molecule has 6 rings (SSSR count). The standard InChI is InChI=1S/C38H46N6O7/c1-50-34-23-27(7-6-17-41-19-21-51-22-20-41)11-14-30(34)28-12-9-26(10-13-28)15-18-42-36-35(40-44(42)49)37(45)31-24-29(8-4-2-3-5-16-39)33(43(47)48)25-32(31)38(36)46/h9-14,23-25,45-46H,2-8,15-22,39H2,1H3/p-1. The first kappa shape index (κ1) is 35.8. The van der Waals surface area contributed by atoms with Crippen molar-refractivity contribution >= 4 is 27.5 Å². The fourth-order valence-corrected chi connectivity index (χ4v) is 6.98. The van der Waals surface area contributed by atoms with Gasteiger partial charge in [0.05, 0.1) is 31.8 Å². The number of rotatable bonds is 16. The lowest BCUT2D eigenvalue weighted by molar-refractivity contribution is -0.746. The molecule has 1 saturated heterocycles. The smallest absolute Gasteiger partial charge is 0.273 e. The lowest BCUT2D eigenvalue weighted by atomic mass is 9.98. The van der Waals surface area contributed by atoms with Gasteiger partial charge in [0.25, 0.3) is 5.69 Å². The first-order valence-corrected chi connectivity index (χ1v) is 17.7. The van der Waals surface area contributed by atoms with E-state index in [0.717, 1.165) is 87.4 Å². The van der Waals surface area contributed by atoms with Gasteiger partial charge in [0, 0.05) is 45.7 Å². The summed E-state index contributed by atoms with van der Waals surface area (Å²) in [4.78, 5) is 14.2. The molecule has 0 amide bonds. The van der Waals surface area contributed by atoms with Crippen LogP contribution in [0.4, 0.5) is 5.69 Å². The molecule has 0 unspecified atom stereocenters. The minimum absolute atomic E-state index is 0.0225. The summed E-state index contributed by atoms with van der Waals surface area (Å²) in [6, 6.07) is 16.9. The third kappa shape index (κ3) is 8.01. The highest BCUT2D eigenvalue weighted by Gasteiger charge is 2.25. The lowest BCUT2D eigenvalue weighted by Gasteiger charge is -2.26. The molecule has 1 aliphatic rings. The number of morpholine rings is 1. The quantitative estimate of drug-likeness (QED) is 0.0480. The van der Waals surface area contributed by atoms with Gasteiger partial charge in [-0.1, -0.05) is 55.0 Å². The second-order valence-corrected chi connectivity index (χ2v) is 13.1. The van der Waals surface area contributed by atoms with E-state index < -0.39 is 10.7 Å². The predicted molar refractivity (Wildman–Crippen MR) is 193 cm³/mol. The van der Waals surface area contributed by atoms with Crippen LogP contribution in [0.25, 0.3) is 32.9 Å². The van der Waals surface area contributed by atoms with Crippen LogP contribution in [-0.2, 0) is 30.5 Å². The van der Waals surface area contributed by atoms with Gasteiger partial charge in [0.2, 0.25) is 0 Å². The Morgan fingerprint density at radius 2 is 1.69 bits per heavy atom. The van der Waals surface area contributed by atoms with Gasteiger partial charge in [-0.2, -0.15) is 0 Å². The van der Waals surface area contributed by atoms with Crippen LogP contribution < -0.4 is 20.5 Å². The summed E-state index contributed by atoms with van der Waals surface area (Å²) in [7, 11) is 1.67. The number of benzene rings is 4. The summed E-state index contributed by atoms with van der Waals surface area (Å²) in [5, 5.41) is 53.9. The zero-order chi connectivity index (χ0) is 35.9. The molecule has 0 spiro atoms. The molecular formula is C38H45N6O7-. The van der Waals surface area contributed by atoms with Crippen LogP contribution in [-0.4, -0.2) is 71.2 Å². The Morgan fingerprint density at radius 1 is 0.941 bits per heavy atom. The average Bonchev–Trinajstić information content (AvgIpc) is 3.49. The van der Waals surface area contributed by atoms with Crippen LogP contribution in [0.5, 0.6) is 17.2 Å². The number of fused-ring (bicyclic) bond motifs is 2. The van der Waals surface area contributed by atoms with E-state index in [1.54, 1.807) is 7.11 Å². The lowest BCUT2D eigenvalue weighted by Crippen LogP contribution is -2.40. The maximum absolute atomic E-state index is 13.6. The number of aryl methyl sites for hydroxylation is 4. The first-order valence-electron chi connectivity index (χ1n) is 17.7. The molecule has 3 N–H and O–H groups in total. The number of hydrogen-bond acceptors (Lipinski definition) is 10. The fraction of sp³-hybridized carbons (Fsp3) is 0.421. The van der Waals surface area contributed by atoms with E-state index in [9.17, 15) is 25.5 Å². The SMILES string of the molecule is COc1cc(CCCN2CCOCC2)ccc1-c1ccc(CCn2c3c(O)c4cc([N+](=O)[O-])c(CCCCCCN)cc4c([O-])c3n[n+]2[O-])cc1. The minimum Gasteiger partial charge on any atom is -0.870 e. The predicted octanol–water partition coefficient (Wildman–Crippen LogP) is 4.76. The van der Waals surface area contributed by atoms with Crippen molar-refractivity contribution in [3.05, 3.63) is 86.6 Å². The monoisotopic (exact) mass is 697 g/mol. The second-order valence-electron chi connectivity index (χ2n) is 13.1.